The minimum atomic E-state index is -0.217. The van der Waals surface area contributed by atoms with Crippen LogP contribution in [0.2, 0.25) is 0 Å². The first-order valence-electron chi connectivity index (χ1n) is 4.13. The predicted octanol–water partition coefficient (Wildman–Crippen LogP) is 0.671. The van der Waals surface area contributed by atoms with Crippen molar-refractivity contribution in [2.75, 3.05) is 6.54 Å². The van der Waals surface area contributed by atoms with Crippen LogP contribution in [-0.2, 0) is 7.05 Å². The summed E-state index contributed by atoms with van der Waals surface area (Å²) in [6, 6.07) is 0. The lowest BCUT2D eigenvalue weighted by Crippen LogP contribution is -2.23. The number of hydrogen-bond acceptors (Lipinski definition) is 3. The van der Waals surface area contributed by atoms with E-state index >= 15 is 0 Å². The first-order chi connectivity index (χ1) is 6.57. The number of rotatable bonds is 3. The Kier molecular flexibility index (Phi) is 3.24. The number of thiazole rings is 1. The highest BCUT2D eigenvalue weighted by atomic mass is 32.1. The van der Waals surface area contributed by atoms with E-state index in [1.54, 1.807) is 20.0 Å². The molecule has 5 heteroatoms. The lowest BCUT2D eigenvalue weighted by atomic mass is 10.3. The van der Waals surface area contributed by atoms with E-state index in [2.05, 4.69) is 11.9 Å². The summed E-state index contributed by atoms with van der Waals surface area (Å²) < 4.78 is 1.47. The van der Waals surface area contributed by atoms with Gasteiger partial charge in [-0.3, -0.25) is 9.59 Å². The topological polar surface area (TPSA) is 51.1 Å². The summed E-state index contributed by atoms with van der Waals surface area (Å²) in [5.41, 5.74) is 0.696. The Bertz CT molecular complexity index is 417. The van der Waals surface area contributed by atoms with Crippen molar-refractivity contribution < 1.29 is 4.79 Å². The molecule has 0 aliphatic rings. The van der Waals surface area contributed by atoms with Crippen LogP contribution >= 0.6 is 11.3 Å². The molecule has 0 aliphatic heterocycles. The molecule has 0 bridgehead atoms. The molecule has 0 aliphatic carbocycles. The minimum Gasteiger partial charge on any atom is -0.348 e. The van der Waals surface area contributed by atoms with Gasteiger partial charge < -0.3 is 9.88 Å². The van der Waals surface area contributed by atoms with E-state index in [0.29, 0.717) is 17.1 Å². The number of carbonyl (C=O) groups is 1. The maximum absolute atomic E-state index is 11.5. The summed E-state index contributed by atoms with van der Waals surface area (Å²) in [7, 11) is 1.65. The van der Waals surface area contributed by atoms with Crippen molar-refractivity contribution in [1.29, 1.82) is 0 Å². The van der Waals surface area contributed by atoms with Crippen LogP contribution in [0.4, 0.5) is 0 Å². The Labute approximate surface area is 85.9 Å². The molecule has 1 heterocycles. The molecule has 0 fully saturated rings. The van der Waals surface area contributed by atoms with Gasteiger partial charge >= 0.3 is 4.87 Å². The van der Waals surface area contributed by atoms with Crippen LogP contribution in [0.3, 0.4) is 0 Å². The fourth-order valence-corrected chi connectivity index (χ4v) is 1.87. The van der Waals surface area contributed by atoms with Crippen LogP contribution in [0.25, 0.3) is 0 Å². The van der Waals surface area contributed by atoms with Crippen molar-refractivity contribution >= 4 is 17.2 Å². The molecule has 0 saturated carbocycles. The second kappa shape index (κ2) is 4.23. The van der Waals surface area contributed by atoms with E-state index in [4.69, 9.17) is 0 Å². The van der Waals surface area contributed by atoms with Gasteiger partial charge in [0, 0.05) is 19.3 Å². The van der Waals surface area contributed by atoms with Gasteiger partial charge in [-0.2, -0.15) is 0 Å². The fraction of sp³-hybridized carbons (Fsp3) is 0.333. The average Bonchev–Trinajstić information content (AvgIpc) is 2.42. The molecule has 76 valence electrons. The van der Waals surface area contributed by atoms with Crippen LogP contribution in [-0.4, -0.2) is 17.0 Å². The van der Waals surface area contributed by atoms with Gasteiger partial charge in [0.1, 0.15) is 4.88 Å². The molecule has 0 radical (unpaired) electrons. The van der Waals surface area contributed by atoms with Crippen LogP contribution in [0, 0.1) is 6.92 Å². The molecule has 0 aromatic carbocycles. The molecule has 0 saturated heterocycles. The van der Waals surface area contributed by atoms with E-state index in [0.717, 1.165) is 11.3 Å². The molecular formula is C9H12N2O2S. The van der Waals surface area contributed by atoms with Crippen LogP contribution in [0.1, 0.15) is 15.4 Å². The second-order valence-electron chi connectivity index (χ2n) is 2.84. The maximum Gasteiger partial charge on any atom is 0.307 e. The highest BCUT2D eigenvalue weighted by Gasteiger charge is 2.14. The lowest BCUT2D eigenvalue weighted by Gasteiger charge is -2.00. The molecule has 0 spiro atoms. The number of nitrogens with zero attached hydrogens (tertiary/aromatic N) is 1. The Balaban J connectivity index is 2.96. The summed E-state index contributed by atoms with van der Waals surface area (Å²) >= 11 is 0.961. The second-order valence-corrected chi connectivity index (χ2v) is 3.80. The highest BCUT2D eigenvalue weighted by molar-refractivity contribution is 7.11. The quantitative estimate of drug-likeness (QED) is 0.749. The van der Waals surface area contributed by atoms with Gasteiger partial charge in [0.2, 0.25) is 0 Å². The normalized spacial score (nSPS) is 9.86. The van der Waals surface area contributed by atoms with Gasteiger partial charge in [0.15, 0.2) is 0 Å². The van der Waals surface area contributed by atoms with Crippen molar-refractivity contribution in [1.82, 2.24) is 9.88 Å². The van der Waals surface area contributed by atoms with Crippen LogP contribution in [0.15, 0.2) is 17.4 Å². The van der Waals surface area contributed by atoms with E-state index in [1.807, 2.05) is 0 Å². The van der Waals surface area contributed by atoms with Gasteiger partial charge in [-0.1, -0.05) is 17.4 Å². The summed E-state index contributed by atoms with van der Waals surface area (Å²) in [4.78, 5) is 23.1. The Hall–Kier alpha value is -1.36. The van der Waals surface area contributed by atoms with Crippen molar-refractivity contribution in [3.8, 4) is 0 Å². The number of carbonyl (C=O) groups excluding carboxylic acids is 1. The number of nitrogens with one attached hydrogen (secondary N) is 1. The molecular weight excluding hydrogens is 200 g/mol. The van der Waals surface area contributed by atoms with Gasteiger partial charge in [-0.15, -0.1) is 6.58 Å². The summed E-state index contributed by atoms with van der Waals surface area (Å²) in [5, 5.41) is 2.63. The molecule has 1 aromatic rings. The van der Waals surface area contributed by atoms with Crippen molar-refractivity contribution in [2.45, 2.75) is 6.92 Å². The molecule has 1 aromatic heterocycles. The number of hydrogen-bond donors (Lipinski definition) is 1. The van der Waals surface area contributed by atoms with Crippen LogP contribution in [0.5, 0.6) is 0 Å². The first kappa shape index (κ1) is 10.7. The molecule has 14 heavy (non-hydrogen) atoms. The van der Waals surface area contributed by atoms with Gasteiger partial charge in [0.25, 0.3) is 5.91 Å². The fourth-order valence-electron chi connectivity index (χ4n) is 0.975. The van der Waals surface area contributed by atoms with Crippen LogP contribution < -0.4 is 10.2 Å². The Morgan fingerprint density at radius 3 is 2.79 bits per heavy atom. The molecule has 4 nitrogen and oxygen atoms in total. The maximum atomic E-state index is 11.5. The van der Waals surface area contributed by atoms with Gasteiger partial charge in [-0.05, 0) is 6.92 Å². The van der Waals surface area contributed by atoms with E-state index in [9.17, 15) is 9.59 Å². The third kappa shape index (κ3) is 1.93. The SMILES string of the molecule is C=CCNC(=O)c1sc(=O)n(C)c1C. The van der Waals surface area contributed by atoms with Gasteiger partial charge in [0.05, 0.1) is 0 Å². The molecule has 1 rings (SSSR count). The summed E-state index contributed by atoms with van der Waals surface area (Å²) in [5.74, 6) is -0.217. The molecule has 0 atom stereocenters. The zero-order valence-electron chi connectivity index (χ0n) is 8.16. The predicted molar refractivity (Wildman–Crippen MR) is 56.8 cm³/mol. The number of amides is 1. The van der Waals surface area contributed by atoms with Crippen molar-refractivity contribution in [2.24, 2.45) is 7.05 Å². The monoisotopic (exact) mass is 212 g/mol. The van der Waals surface area contributed by atoms with Crippen molar-refractivity contribution in [3.63, 3.8) is 0 Å². The van der Waals surface area contributed by atoms with E-state index in [1.165, 1.54) is 4.57 Å². The standard InChI is InChI=1S/C9H12N2O2S/c1-4-5-10-8(12)7-6(2)11(3)9(13)14-7/h4H,1,5H2,2-3H3,(H,10,12). The third-order valence-electron chi connectivity index (χ3n) is 1.91. The third-order valence-corrected chi connectivity index (χ3v) is 3.04. The Morgan fingerprint density at radius 1 is 1.71 bits per heavy atom. The Morgan fingerprint density at radius 2 is 2.36 bits per heavy atom. The zero-order chi connectivity index (χ0) is 10.7. The van der Waals surface area contributed by atoms with Crippen molar-refractivity contribution in [3.05, 3.63) is 32.9 Å². The van der Waals surface area contributed by atoms with E-state index < -0.39 is 0 Å². The first-order valence-corrected chi connectivity index (χ1v) is 4.95. The molecule has 1 N–H and O–H groups in total. The van der Waals surface area contributed by atoms with Gasteiger partial charge in [-0.25, -0.2) is 0 Å². The summed E-state index contributed by atoms with van der Waals surface area (Å²) in [6.45, 7) is 5.65. The summed E-state index contributed by atoms with van der Waals surface area (Å²) in [6.07, 6.45) is 1.60. The minimum absolute atomic E-state index is 0.119. The largest absolute Gasteiger partial charge is 0.348 e. The van der Waals surface area contributed by atoms with E-state index in [-0.39, 0.29) is 10.8 Å². The smallest absolute Gasteiger partial charge is 0.307 e. The highest BCUT2D eigenvalue weighted by Crippen LogP contribution is 2.09. The average molecular weight is 212 g/mol. The zero-order valence-corrected chi connectivity index (χ0v) is 8.98. The molecule has 0 unspecified atom stereocenters. The lowest BCUT2D eigenvalue weighted by molar-refractivity contribution is 0.0961. The number of aromatic nitrogens is 1. The molecule has 1 amide bonds.